The first-order valence-electron chi connectivity index (χ1n) is 23.5. The van der Waals surface area contributed by atoms with E-state index in [9.17, 15) is 24.3 Å². The third-order valence-electron chi connectivity index (χ3n) is 14.0. The van der Waals surface area contributed by atoms with Crippen LogP contribution in [0.5, 0.6) is 11.5 Å². The van der Waals surface area contributed by atoms with Crippen LogP contribution in [-0.4, -0.2) is 126 Å². The number of aromatic nitrogens is 1. The maximum Gasteiger partial charge on any atom is 0.408 e. The van der Waals surface area contributed by atoms with Crippen LogP contribution in [-0.2, 0) is 23.9 Å². The van der Waals surface area contributed by atoms with Crippen LogP contribution in [0.15, 0.2) is 40.4 Å². The van der Waals surface area contributed by atoms with Crippen molar-refractivity contribution < 1.29 is 43.2 Å². The van der Waals surface area contributed by atoms with Gasteiger partial charge < -0.3 is 44.9 Å². The Bertz CT molecular complexity index is 2300. The molecule has 15 nitrogen and oxygen atoms in total. The van der Waals surface area contributed by atoms with Crippen molar-refractivity contribution in [2.75, 3.05) is 39.9 Å². The van der Waals surface area contributed by atoms with Crippen molar-refractivity contribution in [1.82, 2.24) is 30.7 Å². The van der Waals surface area contributed by atoms with E-state index in [2.05, 4.69) is 40.4 Å². The molecule has 0 bridgehead atoms. The van der Waals surface area contributed by atoms with E-state index in [0.29, 0.717) is 77.4 Å². The van der Waals surface area contributed by atoms with Gasteiger partial charge >= 0.3 is 12.1 Å². The van der Waals surface area contributed by atoms with E-state index < -0.39 is 53.0 Å². The predicted octanol–water partition coefficient (Wildman–Crippen LogP) is 7.12. The van der Waals surface area contributed by atoms with Crippen molar-refractivity contribution in [3.05, 3.63) is 51.2 Å². The van der Waals surface area contributed by atoms with Gasteiger partial charge in [-0.05, 0) is 98.3 Å². The van der Waals surface area contributed by atoms with Crippen molar-refractivity contribution >= 4 is 63.7 Å². The van der Waals surface area contributed by atoms with Gasteiger partial charge in [0.05, 0.1) is 23.9 Å². The average molecular weight is 950 g/mol. The number of alkyl carbamates (subject to hydrolysis) is 1. The van der Waals surface area contributed by atoms with E-state index >= 15 is 0 Å². The highest BCUT2D eigenvalue weighted by Gasteiger charge is 2.61. The molecule has 4 heterocycles. The number of pyridine rings is 1. The predicted molar refractivity (Wildman–Crippen MR) is 253 cm³/mol. The van der Waals surface area contributed by atoms with Crippen molar-refractivity contribution in [1.29, 1.82) is 0 Å². The van der Waals surface area contributed by atoms with E-state index in [1.54, 1.807) is 13.2 Å². The quantitative estimate of drug-likeness (QED) is 0.118. The largest absolute Gasteiger partial charge is 0.491 e. The summed E-state index contributed by atoms with van der Waals surface area (Å²) in [6.07, 6.45) is 5.82. The first-order chi connectivity index (χ1) is 31.5. The van der Waals surface area contributed by atoms with E-state index in [1.807, 2.05) is 51.3 Å². The lowest BCUT2D eigenvalue weighted by atomic mass is 9.85. The van der Waals surface area contributed by atoms with Gasteiger partial charge in [-0.1, -0.05) is 63.2 Å². The standard InChI is InChI=1S/C49H65ClN6O9S/c1-8-31-23-49(31,46(59)60)54-44(57)37-21-34(25-56(37)45(58)43(48(4,5)6)53-47(61)65-33-19-29-18-30(29)20-33)64-39-22-36(28-10-9-11-40(66-26-28)51-27(2)3)52-42-35(39)12-13-38(41(42)50)63-17-16-55-15-14-32(24-55)62-7/h9,12-13,22,26-27,29-34,37,43,51H,8,10,14-21,23-25H2,1-7H3,(H,53,61)(H,54,57)(H,59,60)/t29-,30?,31?,32-,33?,34-,37?,43-,49-/m1/s1. The van der Waals surface area contributed by atoms with Crippen molar-refractivity contribution in [3.8, 4) is 11.5 Å². The Hall–Kier alpha value is -4.47. The molecule has 2 aromatic rings. The van der Waals surface area contributed by atoms with Crippen LogP contribution in [0.1, 0.15) is 98.6 Å². The van der Waals surface area contributed by atoms with E-state index in [1.165, 1.54) is 23.1 Å². The number of aliphatic carboxylic acids is 1. The Morgan fingerprint density at radius 3 is 2.50 bits per heavy atom. The molecule has 3 aliphatic carbocycles. The molecule has 4 unspecified atom stereocenters. The summed E-state index contributed by atoms with van der Waals surface area (Å²) in [6, 6.07) is 3.57. The Labute approximate surface area is 396 Å². The molecule has 358 valence electrons. The van der Waals surface area contributed by atoms with Gasteiger partial charge in [0, 0.05) is 57.1 Å². The number of carboxylic acids is 1. The van der Waals surface area contributed by atoms with Crippen molar-refractivity contribution in [2.24, 2.45) is 23.2 Å². The van der Waals surface area contributed by atoms with Gasteiger partial charge in [0.15, 0.2) is 0 Å². The summed E-state index contributed by atoms with van der Waals surface area (Å²) in [5.74, 6) is -0.304. The number of amides is 3. The molecule has 5 fully saturated rings. The number of carboxylic acid groups (broad SMARTS) is 1. The second-order valence-electron chi connectivity index (χ2n) is 20.3. The fraction of sp³-hybridized carbons (Fsp3) is 0.633. The minimum Gasteiger partial charge on any atom is -0.491 e. The number of ether oxygens (including phenoxy) is 4. The van der Waals surface area contributed by atoms with Crippen LogP contribution in [0.4, 0.5) is 4.79 Å². The summed E-state index contributed by atoms with van der Waals surface area (Å²) in [5.41, 5.74) is 3.12. The molecule has 3 saturated carbocycles. The summed E-state index contributed by atoms with van der Waals surface area (Å²) in [7, 11) is 1.74. The fourth-order valence-electron chi connectivity index (χ4n) is 10.1. The van der Waals surface area contributed by atoms with Crippen molar-refractivity contribution in [3.63, 3.8) is 0 Å². The minimum atomic E-state index is -1.42. The second kappa shape index (κ2) is 19.6. The van der Waals surface area contributed by atoms with E-state index in [0.717, 1.165) is 43.0 Å². The Morgan fingerprint density at radius 1 is 1.06 bits per heavy atom. The SMILES string of the molecule is CCC1C[C@]1(NC(=O)C1C[C@@H](Oc2cc(C3=CSC(NC(C)C)=C=CC3)nc3c(Cl)c(OCCN4CC[C@@H](OC)C4)ccc23)CN1C(=O)[C@@H](NC(=O)OC1CC2C[C@@H]2C1)C(C)(C)C)C(=O)O. The Balaban J connectivity index is 1.09. The van der Waals surface area contributed by atoms with E-state index in [-0.39, 0.29) is 37.1 Å². The van der Waals surface area contributed by atoms with Crippen LogP contribution >= 0.6 is 23.4 Å². The molecule has 4 N–H and O–H groups in total. The highest BCUT2D eigenvalue weighted by molar-refractivity contribution is 8.05. The lowest BCUT2D eigenvalue weighted by Crippen LogP contribution is -2.59. The number of methoxy groups -OCH3 is 1. The first-order valence-corrected chi connectivity index (χ1v) is 24.8. The molecule has 6 aliphatic rings. The van der Waals surface area contributed by atoms with Gasteiger partial charge in [0.25, 0.3) is 0 Å². The topological polar surface area (TPSA) is 181 Å². The molecular weight excluding hydrogens is 884 g/mol. The molecule has 1 aromatic heterocycles. The maximum absolute atomic E-state index is 14.9. The number of hydrogen-bond donors (Lipinski definition) is 4. The maximum atomic E-state index is 14.9. The van der Waals surface area contributed by atoms with Crippen LogP contribution in [0.3, 0.4) is 0 Å². The summed E-state index contributed by atoms with van der Waals surface area (Å²) < 4.78 is 24.5. The van der Waals surface area contributed by atoms with Crippen molar-refractivity contribution in [2.45, 2.75) is 135 Å². The molecular formula is C49H65ClN6O9S. The average Bonchev–Trinajstić information content (AvgIpc) is 4.00. The minimum absolute atomic E-state index is 0.0204. The summed E-state index contributed by atoms with van der Waals surface area (Å²) in [4.78, 5) is 64.1. The third kappa shape index (κ3) is 10.6. The van der Waals surface area contributed by atoms with Gasteiger partial charge in [0.2, 0.25) is 11.8 Å². The number of nitrogens with one attached hydrogen (secondary N) is 3. The molecule has 0 radical (unpaired) electrons. The third-order valence-corrected chi connectivity index (χ3v) is 15.3. The van der Waals surface area contributed by atoms with Crippen LogP contribution in [0, 0.1) is 23.2 Å². The molecule has 8 rings (SSSR count). The number of thioether (sulfide) groups is 1. The zero-order chi connectivity index (χ0) is 47.1. The van der Waals surface area contributed by atoms with Gasteiger partial charge in [-0.3, -0.25) is 14.5 Å². The summed E-state index contributed by atoms with van der Waals surface area (Å²) in [6.45, 7) is 14.4. The number of carbonyl (C=O) groups is 4. The van der Waals surface area contributed by atoms with Gasteiger partial charge in [-0.15, -0.1) is 0 Å². The molecule has 17 heteroatoms. The second-order valence-corrected chi connectivity index (χ2v) is 21.5. The molecule has 2 saturated heterocycles. The van der Waals surface area contributed by atoms with Gasteiger partial charge in [0.1, 0.15) is 58.0 Å². The summed E-state index contributed by atoms with van der Waals surface area (Å²) in [5, 5.41) is 23.2. The zero-order valence-corrected chi connectivity index (χ0v) is 40.7. The molecule has 3 aliphatic heterocycles. The number of carbonyl (C=O) groups excluding carboxylic acids is 3. The van der Waals surface area contributed by atoms with Gasteiger partial charge in [-0.25, -0.2) is 14.6 Å². The number of rotatable bonds is 17. The van der Waals surface area contributed by atoms with Gasteiger partial charge in [-0.2, -0.15) is 0 Å². The molecule has 0 spiro atoms. The number of benzene rings is 1. The fourth-order valence-corrected chi connectivity index (χ4v) is 11.2. The van der Waals surface area contributed by atoms with Crippen LogP contribution in [0.25, 0.3) is 16.5 Å². The number of likely N-dealkylation sites (tertiary alicyclic amines) is 2. The molecule has 9 atom stereocenters. The number of allylic oxidation sites excluding steroid dienone is 2. The normalized spacial score (nSPS) is 28.6. The zero-order valence-electron chi connectivity index (χ0n) is 39.1. The lowest BCUT2D eigenvalue weighted by Gasteiger charge is -2.35. The highest BCUT2D eigenvalue weighted by Crippen LogP contribution is 2.52. The summed E-state index contributed by atoms with van der Waals surface area (Å²) >= 11 is 8.70. The highest BCUT2D eigenvalue weighted by atomic mass is 35.5. The Morgan fingerprint density at radius 2 is 1.83 bits per heavy atom. The molecule has 1 aromatic carbocycles. The number of halogens is 1. The molecule has 3 amide bonds. The monoisotopic (exact) mass is 948 g/mol. The number of hydrogen-bond acceptors (Lipinski definition) is 12. The smallest absolute Gasteiger partial charge is 0.408 e. The first kappa shape index (κ1) is 48.0. The number of nitrogens with zero attached hydrogens (tertiary/aromatic N) is 3. The van der Waals surface area contributed by atoms with Crippen LogP contribution < -0.4 is 25.4 Å². The van der Waals surface area contributed by atoms with Crippen LogP contribution in [0.2, 0.25) is 5.02 Å². The van der Waals surface area contributed by atoms with E-state index in [4.69, 9.17) is 35.5 Å². The molecule has 66 heavy (non-hydrogen) atoms. The lowest BCUT2D eigenvalue weighted by molar-refractivity contribution is -0.146. The number of fused-ring (bicyclic) bond motifs is 2. The Kier molecular flexibility index (Phi) is 14.3.